The Hall–Kier alpha value is -2.77. The Morgan fingerprint density at radius 3 is 1.40 bits per heavy atom. The first-order valence-electron chi connectivity index (χ1n) is 12.6. The Labute approximate surface area is 216 Å². The molecule has 0 unspecified atom stereocenters. The quantitative estimate of drug-likeness (QED) is 0.189. The fraction of sp³-hybridized carbons (Fsp3) is 0.294. The van der Waals surface area contributed by atoms with Crippen LogP contribution in [0.25, 0.3) is 43.4 Å². The van der Waals surface area contributed by atoms with Gasteiger partial charge in [0.05, 0.1) is 0 Å². The first-order valence-corrected chi connectivity index (χ1v) is 13.1. The number of hydrogen-bond donors (Lipinski definition) is 1. The molecule has 0 amide bonds. The van der Waals surface area contributed by atoms with Crippen LogP contribution in [0.5, 0.6) is 0 Å². The summed E-state index contributed by atoms with van der Waals surface area (Å²) in [6.07, 6.45) is 0. The van der Waals surface area contributed by atoms with Crippen molar-refractivity contribution in [1.82, 2.24) is 0 Å². The van der Waals surface area contributed by atoms with E-state index >= 15 is 0 Å². The molecule has 0 nitrogen and oxygen atoms in total. The SMILES string of the molecule is CC(C)C(C)(C)C(C)(C)C.Sc1cccc(-c2ccc3c4ccccc4c4ccccc4c3c2)c1. The molecule has 180 valence electrons. The monoisotopic (exact) mass is 478 g/mol. The third-order valence-corrected chi connectivity index (χ3v) is 8.58. The Kier molecular flexibility index (Phi) is 7.02. The molecule has 1 heteroatoms. The average molecular weight is 479 g/mol. The van der Waals surface area contributed by atoms with Gasteiger partial charge in [-0.1, -0.05) is 121 Å². The van der Waals surface area contributed by atoms with Gasteiger partial charge in [-0.3, -0.25) is 0 Å². The number of benzene rings is 5. The Balaban J connectivity index is 0.000000248. The van der Waals surface area contributed by atoms with Crippen molar-refractivity contribution in [2.45, 2.75) is 53.4 Å². The van der Waals surface area contributed by atoms with E-state index in [4.69, 9.17) is 0 Å². The molecular weight excluding hydrogens is 440 g/mol. The van der Waals surface area contributed by atoms with Crippen LogP contribution in [-0.2, 0) is 0 Å². The van der Waals surface area contributed by atoms with Crippen molar-refractivity contribution in [3.8, 4) is 11.1 Å². The molecule has 0 aliphatic heterocycles. The molecule has 0 saturated carbocycles. The van der Waals surface area contributed by atoms with E-state index < -0.39 is 0 Å². The molecule has 0 atom stereocenters. The summed E-state index contributed by atoms with van der Waals surface area (Å²) in [6, 6.07) is 32.5. The van der Waals surface area contributed by atoms with E-state index in [1.54, 1.807) is 0 Å². The molecule has 0 saturated heterocycles. The molecule has 0 spiro atoms. The van der Waals surface area contributed by atoms with Crippen molar-refractivity contribution in [2.75, 3.05) is 0 Å². The standard InChI is InChI=1S/C24H16S.C10H22/c25-18-7-5-6-16(14-18)17-12-13-23-21-10-2-1-8-19(21)20-9-3-4-11-22(20)24(23)15-17;1-8(2)10(6,7)9(3,4)5/h1-15,25H;8H,1-7H3. The van der Waals surface area contributed by atoms with E-state index in [1.807, 2.05) is 6.07 Å². The predicted molar refractivity (Wildman–Crippen MR) is 160 cm³/mol. The smallest absolute Gasteiger partial charge is 0.00461 e. The van der Waals surface area contributed by atoms with Crippen LogP contribution >= 0.6 is 12.6 Å². The molecule has 0 bridgehead atoms. The summed E-state index contributed by atoms with van der Waals surface area (Å²) in [5.74, 6) is 0.757. The van der Waals surface area contributed by atoms with Crippen LogP contribution in [0.4, 0.5) is 0 Å². The Bertz CT molecular complexity index is 1450. The highest BCUT2D eigenvalue weighted by Crippen LogP contribution is 2.43. The molecule has 0 aliphatic rings. The molecule has 0 aromatic heterocycles. The van der Waals surface area contributed by atoms with Crippen LogP contribution < -0.4 is 0 Å². The van der Waals surface area contributed by atoms with Gasteiger partial charge in [0, 0.05) is 4.90 Å². The lowest BCUT2D eigenvalue weighted by molar-refractivity contribution is 0.0737. The maximum atomic E-state index is 4.49. The third-order valence-electron chi connectivity index (χ3n) is 8.30. The highest BCUT2D eigenvalue weighted by Gasteiger charge is 2.35. The first-order chi connectivity index (χ1) is 16.5. The van der Waals surface area contributed by atoms with Gasteiger partial charge in [-0.05, 0) is 78.4 Å². The lowest BCUT2D eigenvalue weighted by Crippen LogP contribution is -2.34. The summed E-state index contributed by atoms with van der Waals surface area (Å²) >= 11 is 4.49. The van der Waals surface area contributed by atoms with Crippen molar-refractivity contribution >= 4 is 44.9 Å². The maximum absolute atomic E-state index is 4.49. The summed E-state index contributed by atoms with van der Waals surface area (Å²) in [5.41, 5.74) is 3.28. The minimum Gasteiger partial charge on any atom is -0.143 e. The van der Waals surface area contributed by atoms with Crippen molar-refractivity contribution in [1.29, 1.82) is 0 Å². The molecule has 35 heavy (non-hydrogen) atoms. The average Bonchev–Trinajstić information content (AvgIpc) is 2.83. The normalized spacial score (nSPS) is 12.3. The van der Waals surface area contributed by atoms with Crippen LogP contribution in [0.15, 0.2) is 95.9 Å². The molecular formula is C34H38S. The van der Waals surface area contributed by atoms with Gasteiger partial charge >= 0.3 is 0 Å². The lowest BCUT2D eigenvalue weighted by atomic mass is 9.63. The van der Waals surface area contributed by atoms with Gasteiger partial charge in [0.2, 0.25) is 0 Å². The van der Waals surface area contributed by atoms with Gasteiger partial charge in [0.25, 0.3) is 0 Å². The van der Waals surface area contributed by atoms with Crippen molar-refractivity contribution < 1.29 is 0 Å². The predicted octanol–water partition coefficient (Wildman–Crippen LogP) is 10.8. The van der Waals surface area contributed by atoms with Crippen LogP contribution in [0.2, 0.25) is 0 Å². The summed E-state index contributed by atoms with van der Waals surface area (Å²) in [4.78, 5) is 0.987. The topological polar surface area (TPSA) is 0 Å². The van der Waals surface area contributed by atoms with Crippen molar-refractivity contribution in [3.05, 3.63) is 91.0 Å². The molecule has 5 aromatic rings. The summed E-state index contributed by atoms with van der Waals surface area (Å²) in [6.45, 7) is 16.2. The molecule has 0 N–H and O–H groups in total. The van der Waals surface area contributed by atoms with E-state index in [1.165, 1.54) is 43.4 Å². The number of fused-ring (bicyclic) bond motifs is 6. The molecule has 5 rings (SSSR count). The Morgan fingerprint density at radius 1 is 0.514 bits per heavy atom. The number of hydrogen-bond acceptors (Lipinski definition) is 1. The molecule has 0 radical (unpaired) electrons. The van der Waals surface area contributed by atoms with Crippen LogP contribution in [-0.4, -0.2) is 0 Å². The van der Waals surface area contributed by atoms with Gasteiger partial charge in [-0.15, -0.1) is 12.6 Å². The number of thiol groups is 1. The van der Waals surface area contributed by atoms with E-state index in [0.29, 0.717) is 10.8 Å². The van der Waals surface area contributed by atoms with E-state index in [2.05, 4.69) is 146 Å². The Morgan fingerprint density at radius 2 is 0.971 bits per heavy atom. The largest absolute Gasteiger partial charge is 0.143 e. The number of rotatable bonds is 2. The van der Waals surface area contributed by atoms with Gasteiger partial charge in [-0.2, -0.15) is 0 Å². The minimum atomic E-state index is 0.418. The first kappa shape index (κ1) is 25.3. The van der Waals surface area contributed by atoms with E-state index in [-0.39, 0.29) is 0 Å². The van der Waals surface area contributed by atoms with Crippen LogP contribution in [0.3, 0.4) is 0 Å². The zero-order valence-electron chi connectivity index (χ0n) is 22.2. The van der Waals surface area contributed by atoms with Crippen LogP contribution in [0, 0.1) is 16.7 Å². The highest BCUT2D eigenvalue weighted by atomic mass is 32.1. The van der Waals surface area contributed by atoms with Gasteiger partial charge in [-0.25, -0.2) is 0 Å². The van der Waals surface area contributed by atoms with Gasteiger partial charge in [0.1, 0.15) is 0 Å². The summed E-state index contributed by atoms with van der Waals surface area (Å²) < 4.78 is 0. The molecule has 5 aromatic carbocycles. The maximum Gasteiger partial charge on any atom is 0.00461 e. The van der Waals surface area contributed by atoms with Crippen LogP contribution in [0.1, 0.15) is 48.5 Å². The summed E-state index contributed by atoms with van der Waals surface area (Å²) in [5, 5.41) is 7.85. The molecule has 0 aliphatic carbocycles. The van der Waals surface area contributed by atoms with Crippen molar-refractivity contribution in [3.63, 3.8) is 0 Å². The molecule has 0 heterocycles. The van der Waals surface area contributed by atoms with Gasteiger partial charge < -0.3 is 0 Å². The second-order valence-electron chi connectivity index (χ2n) is 11.5. The van der Waals surface area contributed by atoms with Gasteiger partial charge in [0.15, 0.2) is 0 Å². The van der Waals surface area contributed by atoms with E-state index in [9.17, 15) is 0 Å². The van der Waals surface area contributed by atoms with E-state index in [0.717, 1.165) is 10.8 Å². The van der Waals surface area contributed by atoms with Crippen molar-refractivity contribution in [2.24, 2.45) is 16.7 Å². The minimum absolute atomic E-state index is 0.418. The fourth-order valence-corrected chi connectivity index (χ4v) is 4.86. The lowest BCUT2D eigenvalue weighted by Gasteiger charge is -2.42. The third kappa shape index (κ3) is 4.98. The molecule has 0 fully saturated rings. The zero-order valence-corrected chi connectivity index (χ0v) is 23.1. The fourth-order valence-electron chi connectivity index (χ4n) is 4.64. The summed E-state index contributed by atoms with van der Waals surface area (Å²) in [7, 11) is 0. The second kappa shape index (κ2) is 9.70. The zero-order chi connectivity index (χ0) is 25.4. The highest BCUT2D eigenvalue weighted by molar-refractivity contribution is 7.80. The second-order valence-corrected chi connectivity index (χ2v) is 12.0.